The maximum Gasteiger partial charge on any atom is 0.283 e. The number of alkyl halides is 2. The number of aryl methyl sites for hydroxylation is 2. The predicted octanol–water partition coefficient (Wildman–Crippen LogP) is 3.43. The highest BCUT2D eigenvalue weighted by Gasteiger charge is 2.26. The lowest BCUT2D eigenvalue weighted by Crippen LogP contribution is -2.14. The molecular formula is C14H17F2N5OS. The van der Waals surface area contributed by atoms with Crippen LogP contribution < -0.4 is 5.32 Å². The Morgan fingerprint density at radius 1 is 1.39 bits per heavy atom. The molecule has 3 rings (SSSR count). The molecule has 0 radical (unpaired) electrons. The first kappa shape index (κ1) is 16.0. The van der Waals surface area contributed by atoms with Crippen molar-refractivity contribution in [3.63, 3.8) is 0 Å². The first-order chi connectivity index (χ1) is 11.0. The van der Waals surface area contributed by atoms with Gasteiger partial charge in [-0.3, -0.25) is 4.79 Å². The molecule has 0 atom stereocenters. The molecule has 23 heavy (non-hydrogen) atoms. The van der Waals surface area contributed by atoms with E-state index in [-0.39, 0.29) is 5.82 Å². The van der Waals surface area contributed by atoms with Crippen molar-refractivity contribution in [3.8, 4) is 0 Å². The average molecular weight is 341 g/mol. The summed E-state index contributed by atoms with van der Waals surface area (Å²) in [6.45, 7) is 1.76. The summed E-state index contributed by atoms with van der Waals surface area (Å²) in [5.74, 6) is -0.261. The Kier molecular flexibility index (Phi) is 4.38. The molecule has 2 heterocycles. The number of hydrogen-bond acceptors (Lipinski definition) is 5. The topological polar surface area (TPSA) is 72.7 Å². The van der Waals surface area contributed by atoms with Crippen LogP contribution in [0.5, 0.6) is 0 Å². The van der Waals surface area contributed by atoms with Crippen LogP contribution >= 0.6 is 11.3 Å². The fourth-order valence-corrected chi connectivity index (χ4v) is 3.97. The van der Waals surface area contributed by atoms with Gasteiger partial charge < -0.3 is 5.32 Å². The molecule has 2 aromatic heterocycles. The third-order valence-corrected chi connectivity index (χ3v) is 5.35. The molecule has 0 bridgehead atoms. The molecule has 0 spiro atoms. The quantitative estimate of drug-likeness (QED) is 0.925. The van der Waals surface area contributed by atoms with Gasteiger partial charge in [-0.05, 0) is 19.8 Å². The van der Waals surface area contributed by atoms with E-state index in [0.717, 1.165) is 22.5 Å². The van der Waals surface area contributed by atoms with Gasteiger partial charge >= 0.3 is 0 Å². The van der Waals surface area contributed by atoms with Crippen LogP contribution in [0.3, 0.4) is 0 Å². The van der Waals surface area contributed by atoms with E-state index in [1.165, 1.54) is 31.2 Å². The monoisotopic (exact) mass is 341 g/mol. The highest BCUT2D eigenvalue weighted by atomic mass is 32.1. The number of halogens is 2. The third-order valence-electron chi connectivity index (χ3n) is 4.03. The highest BCUT2D eigenvalue weighted by Crippen LogP contribution is 2.37. The molecule has 1 fully saturated rings. The number of carbonyl (C=O) groups is 1. The molecule has 6 nitrogen and oxygen atoms in total. The molecule has 0 saturated heterocycles. The van der Waals surface area contributed by atoms with Gasteiger partial charge in [0.25, 0.3) is 12.3 Å². The van der Waals surface area contributed by atoms with Crippen molar-refractivity contribution in [3.05, 3.63) is 21.3 Å². The van der Waals surface area contributed by atoms with Crippen molar-refractivity contribution in [2.45, 2.75) is 45.0 Å². The number of anilines is 1. The van der Waals surface area contributed by atoms with Crippen molar-refractivity contribution in [2.75, 3.05) is 5.32 Å². The van der Waals surface area contributed by atoms with Crippen molar-refractivity contribution in [2.24, 2.45) is 7.05 Å². The number of nitrogens with zero attached hydrogens (tertiary/aromatic N) is 4. The van der Waals surface area contributed by atoms with E-state index >= 15 is 0 Å². The fraction of sp³-hybridized carbons (Fsp3) is 0.571. The molecule has 1 amide bonds. The van der Waals surface area contributed by atoms with Crippen molar-refractivity contribution < 1.29 is 13.6 Å². The lowest BCUT2D eigenvalue weighted by Gasteiger charge is -2.04. The Bertz CT molecular complexity index is 721. The Morgan fingerprint density at radius 2 is 2.09 bits per heavy atom. The van der Waals surface area contributed by atoms with Gasteiger partial charge in [-0.15, -0.1) is 16.4 Å². The standard InChI is InChI=1S/C14H17F2N5OS/c1-7-10(23-14(17-7)8-5-3-4-6-8)13(22)18-12-9(11(15)16)21(2)20-19-12/h8,11H,3-6H2,1-2H3,(H,18,22). The minimum atomic E-state index is -2.76. The smallest absolute Gasteiger partial charge is 0.283 e. The number of thiazole rings is 1. The number of carbonyl (C=O) groups excluding carboxylic acids is 1. The summed E-state index contributed by atoms with van der Waals surface area (Å²) in [5, 5.41) is 10.5. The van der Waals surface area contributed by atoms with Gasteiger partial charge in [0.05, 0.1) is 10.7 Å². The van der Waals surface area contributed by atoms with E-state index in [4.69, 9.17) is 0 Å². The number of amides is 1. The largest absolute Gasteiger partial charge is 0.303 e. The van der Waals surface area contributed by atoms with Gasteiger partial charge in [-0.2, -0.15) is 0 Å². The van der Waals surface area contributed by atoms with Crippen LogP contribution in [0.25, 0.3) is 0 Å². The highest BCUT2D eigenvalue weighted by molar-refractivity contribution is 7.14. The van der Waals surface area contributed by atoms with Gasteiger partial charge in [-0.1, -0.05) is 18.1 Å². The maximum atomic E-state index is 13.0. The van der Waals surface area contributed by atoms with E-state index in [0.29, 0.717) is 16.5 Å². The van der Waals surface area contributed by atoms with E-state index in [2.05, 4.69) is 20.6 Å². The molecule has 0 unspecified atom stereocenters. The van der Waals surface area contributed by atoms with Gasteiger partial charge in [-0.25, -0.2) is 18.4 Å². The average Bonchev–Trinajstić information content (AvgIpc) is 3.18. The SMILES string of the molecule is Cc1nc(C2CCCC2)sc1C(=O)Nc1nnn(C)c1C(F)F. The van der Waals surface area contributed by atoms with Crippen LogP contribution in [0.15, 0.2) is 0 Å². The molecule has 1 N–H and O–H groups in total. The first-order valence-electron chi connectivity index (χ1n) is 7.43. The van der Waals surface area contributed by atoms with Crippen LogP contribution in [-0.2, 0) is 7.05 Å². The first-order valence-corrected chi connectivity index (χ1v) is 8.25. The Morgan fingerprint density at radius 3 is 2.74 bits per heavy atom. The minimum absolute atomic E-state index is 0.206. The zero-order valence-corrected chi connectivity index (χ0v) is 13.7. The second kappa shape index (κ2) is 6.31. The summed E-state index contributed by atoms with van der Waals surface area (Å²) < 4.78 is 27.0. The van der Waals surface area contributed by atoms with Crippen LogP contribution in [0.4, 0.5) is 14.6 Å². The third kappa shape index (κ3) is 3.10. The molecule has 2 aromatic rings. The Labute approximate surface area is 135 Å². The van der Waals surface area contributed by atoms with E-state index in [9.17, 15) is 13.6 Å². The van der Waals surface area contributed by atoms with Crippen LogP contribution in [0.1, 0.15) is 64.1 Å². The van der Waals surface area contributed by atoms with Gasteiger partial charge in [0.2, 0.25) is 0 Å². The van der Waals surface area contributed by atoms with Gasteiger partial charge in [0, 0.05) is 13.0 Å². The van der Waals surface area contributed by atoms with Crippen molar-refractivity contribution in [1.29, 1.82) is 0 Å². The van der Waals surface area contributed by atoms with Crippen molar-refractivity contribution in [1.82, 2.24) is 20.0 Å². The van der Waals surface area contributed by atoms with Gasteiger partial charge in [0.1, 0.15) is 10.6 Å². The van der Waals surface area contributed by atoms with Crippen LogP contribution in [-0.4, -0.2) is 25.9 Å². The van der Waals surface area contributed by atoms with Gasteiger partial charge in [0.15, 0.2) is 5.82 Å². The van der Waals surface area contributed by atoms with Crippen LogP contribution in [0, 0.1) is 6.92 Å². The van der Waals surface area contributed by atoms with Crippen LogP contribution in [0.2, 0.25) is 0 Å². The minimum Gasteiger partial charge on any atom is -0.303 e. The Hall–Kier alpha value is -1.90. The summed E-state index contributed by atoms with van der Waals surface area (Å²) in [4.78, 5) is 17.3. The molecule has 0 aromatic carbocycles. The van der Waals surface area contributed by atoms with E-state index in [1.54, 1.807) is 6.92 Å². The van der Waals surface area contributed by atoms with E-state index < -0.39 is 18.0 Å². The summed E-state index contributed by atoms with van der Waals surface area (Å²) in [6, 6.07) is 0. The normalized spacial score (nSPS) is 15.5. The number of nitrogens with one attached hydrogen (secondary N) is 1. The summed E-state index contributed by atoms with van der Waals surface area (Å²) in [7, 11) is 1.36. The maximum absolute atomic E-state index is 13.0. The summed E-state index contributed by atoms with van der Waals surface area (Å²) in [5.41, 5.74) is 0.216. The molecule has 124 valence electrons. The fourth-order valence-electron chi connectivity index (χ4n) is 2.84. The summed E-state index contributed by atoms with van der Waals surface area (Å²) >= 11 is 1.34. The molecule has 1 aliphatic rings. The molecule has 9 heteroatoms. The number of aromatic nitrogens is 4. The zero-order chi connectivity index (χ0) is 16.6. The number of rotatable bonds is 4. The van der Waals surface area contributed by atoms with E-state index in [1.807, 2.05) is 0 Å². The lowest BCUT2D eigenvalue weighted by atomic mass is 10.1. The zero-order valence-electron chi connectivity index (χ0n) is 12.8. The summed E-state index contributed by atoms with van der Waals surface area (Å²) in [6.07, 6.45) is 1.79. The molecule has 1 aliphatic carbocycles. The second-order valence-electron chi connectivity index (χ2n) is 5.65. The Balaban J connectivity index is 1.81. The lowest BCUT2D eigenvalue weighted by molar-refractivity contribution is 0.102. The second-order valence-corrected chi connectivity index (χ2v) is 6.68. The molecule has 0 aliphatic heterocycles. The predicted molar refractivity (Wildman–Crippen MR) is 82.0 cm³/mol. The molecular weight excluding hydrogens is 324 g/mol. The molecule has 1 saturated carbocycles. The van der Waals surface area contributed by atoms with Crippen molar-refractivity contribution >= 4 is 23.1 Å². The number of hydrogen-bond donors (Lipinski definition) is 1.